The lowest BCUT2D eigenvalue weighted by molar-refractivity contribution is -0.116. The molecule has 1 aromatic carbocycles. The summed E-state index contributed by atoms with van der Waals surface area (Å²) >= 11 is 0. The molecule has 0 atom stereocenters. The quantitative estimate of drug-likeness (QED) is 0.798. The summed E-state index contributed by atoms with van der Waals surface area (Å²) in [6.45, 7) is 0.997. The molecule has 0 aliphatic heterocycles. The van der Waals surface area contributed by atoms with Crippen LogP contribution in [0.4, 0.5) is 5.69 Å². The Morgan fingerprint density at radius 3 is 2.75 bits per heavy atom. The second-order valence-corrected chi connectivity index (χ2v) is 5.12. The molecule has 110 valence electrons. The number of methoxy groups -OCH3 is 2. The zero-order valence-electron chi connectivity index (χ0n) is 12.1. The molecule has 1 aromatic rings. The van der Waals surface area contributed by atoms with Crippen molar-refractivity contribution in [2.24, 2.45) is 0 Å². The van der Waals surface area contributed by atoms with Gasteiger partial charge in [0.1, 0.15) is 5.75 Å². The number of anilines is 1. The van der Waals surface area contributed by atoms with Crippen molar-refractivity contribution in [3.63, 3.8) is 0 Å². The van der Waals surface area contributed by atoms with E-state index in [1.165, 1.54) is 6.42 Å². The molecule has 1 aliphatic rings. The van der Waals surface area contributed by atoms with Gasteiger partial charge in [-0.2, -0.15) is 0 Å². The molecule has 0 heterocycles. The van der Waals surface area contributed by atoms with Crippen LogP contribution in [0.3, 0.4) is 0 Å². The Hall–Kier alpha value is -1.59. The minimum absolute atomic E-state index is 0.0593. The van der Waals surface area contributed by atoms with E-state index in [1.807, 2.05) is 18.2 Å². The fourth-order valence-corrected chi connectivity index (χ4v) is 2.33. The van der Waals surface area contributed by atoms with E-state index < -0.39 is 0 Å². The highest BCUT2D eigenvalue weighted by Gasteiger charge is 2.36. The first-order valence-electron chi connectivity index (χ1n) is 6.87. The van der Waals surface area contributed by atoms with Crippen molar-refractivity contribution in [3.8, 4) is 5.75 Å². The van der Waals surface area contributed by atoms with Crippen molar-refractivity contribution < 1.29 is 14.3 Å². The van der Waals surface area contributed by atoms with E-state index >= 15 is 0 Å². The molecule has 2 rings (SSSR count). The van der Waals surface area contributed by atoms with Crippen LogP contribution in [0.5, 0.6) is 5.75 Å². The lowest BCUT2D eigenvalue weighted by atomic mass is 9.80. The highest BCUT2D eigenvalue weighted by molar-refractivity contribution is 5.92. The largest absolute Gasteiger partial charge is 0.497 e. The Labute approximate surface area is 119 Å². The lowest BCUT2D eigenvalue weighted by Crippen LogP contribution is -2.49. The van der Waals surface area contributed by atoms with Gasteiger partial charge in [0.15, 0.2) is 0 Å². The van der Waals surface area contributed by atoms with Gasteiger partial charge >= 0.3 is 0 Å². The van der Waals surface area contributed by atoms with Gasteiger partial charge in [0.25, 0.3) is 0 Å². The summed E-state index contributed by atoms with van der Waals surface area (Å²) in [6, 6.07) is 7.31. The Morgan fingerprint density at radius 2 is 2.15 bits per heavy atom. The number of hydrogen-bond acceptors (Lipinski definition) is 4. The van der Waals surface area contributed by atoms with Gasteiger partial charge in [-0.25, -0.2) is 0 Å². The van der Waals surface area contributed by atoms with Crippen LogP contribution in [-0.4, -0.2) is 38.8 Å². The molecule has 5 heteroatoms. The van der Waals surface area contributed by atoms with E-state index in [0.717, 1.165) is 30.8 Å². The number of amides is 1. The number of hydrogen-bond donors (Lipinski definition) is 2. The van der Waals surface area contributed by atoms with Crippen LogP contribution in [0.15, 0.2) is 24.3 Å². The van der Waals surface area contributed by atoms with Crippen LogP contribution in [0, 0.1) is 0 Å². The average molecular weight is 278 g/mol. The minimum atomic E-state index is -0.0659. The van der Waals surface area contributed by atoms with Gasteiger partial charge in [0, 0.05) is 25.4 Å². The molecule has 0 saturated heterocycles. The lowest BCUT2D eigenvalue weighted by Gasteiger charge is -2.40. The van der Waals surface area contributed by atoms with Crippen LogP contribution in [0.2, 0.25) is 0 Å². The maximum absolute atomic E-state index is 11.8. The van der Waals surface area contributed by atoms with Gasteiger partial charge in [-0.15, -0.1) is 0 Å². The summed E-state index contributed by atoms with van der Waals surface area (Å²) in [6.07, 6.45) is 3.33. The molecule has 2 N–H and O–H groups in total. The molecule has 1 aliphatic carbocycles. The van der Waals surface area contributed by atoms with Crippen molar-refractivity contribution in [2.45, 2.75) is 24.9 Å². The maximum atomic E-state index is 11.8. The Balaban J connectivity index is 1.75. The predicted octanol–water partition coefficient (Wildman–Crippen LogP) is 1.79. The van der Waals surface area contributed by atoms with Crippen LogP contribution in [0.25, 0.3) is 0 Å². The first-order valence-corrected chi connectivity index (χ1v) is 6.87. The molecule has 0 aromatic heterocycles. The zero-order chi connectivity index (χ0) is 14.4. The SMILES string of the molecule is COc1cccc(NC(=O)CNCC2(OC)CCC2)c1. The highest BCUT2D eigenvalue weighted by atomic mass is 16.5. The Bertz CT molecular complexity index is 453. The summed E-state index contributed by atoms with van der Waals surface area (Å²) in [5.74, 6) is 0.660. The van der Waals surface area contributed by atoms with Gasteiger partial charge in [-0.3, -0.25) is 4.79 Å². The fourth-order valence-electron chi connectivity index (χ4n) is 2.33. The van der Waals surface area contributed by atoms with E-state index in [9.17, 15) is 4.79 Å². The third-order valence-corrected chi connectivity index (χ3v) is 3.78. The van der Waals surface area contributed by atoms with E-state index in [1.54, 1.807) is 20.3 Å². The van der Waals surface area contributed by atoms with Crippen molar-refractivity contribution in [1.29, 1.82) is 0 Å². The summed E-state index contributed by atoms with van der Waals surface area (Å²) in [4.78, 5) is 11.8. The summed E-state index contributed by atoms with van der Waals surface area (Å²) in [5, 5.41) is 5.99. The van der Waals surface area contributed by atoms with Crippen molar-refractivity contribution in [1.82, 2.24) is 5.32 Å². The molecule has 1 amide bonds. The molecule has 0 radical (unpaired) electrons. The molecule has 5 nitrogen and oxygen atoms in total. The molecule has 0 spiro atoms. The minimum Gasteiger partial charge on any atom is -0.497 e. The number of carbonyl (C=O) groups excluding carboxylic acids is 1. The van der Waals surface area contributed by atoms with Crippen LogP contribution in [-0.2, 0) is 9.53 Å². The van der Waals surface area contributed by atoms with Gasteiger partial charge in [0.05, 0.1) is 19.3 Å². The Kier molecular flexibility index (Phi) is 4.98. The number of ether oxygens (including phenoxy) is 2. The van der Waals surface area contributed by atoms with E-state index in [4.69, 9.17) is 9.47 Å². The summed E-state index contributed by atoms with van der Waals surface area (Å²) in [7, 11) is 3.34. The predicted molar refractivity (Wildman–Crippen MR) is 78.1 cm³/mol. The third-order valence-electron chi connectivity index (χ3n) is 3.78. The first-order chi connectivity index (χ1) is 9.67. The molecule has 0 unspecified atom stereocenters. The van der Waals surface area contributed by atoms with Crippen molar-refractivity contribution >= 4 is 11.6 Å². The number of nitrogens with one attached hydrogen (secondary N) is 2. The molecule has 0 bridgehead atoms. The van der Waals surface area contributed by atoms with E-state index in [-0.39, 0.29) is 18.1 Å². The number of rotatable bonds is 7. The molecular weight excluding hydrogens is 256 g/mol. The summed E-state index contributed by atoms with van der Waals surface area (Å²) in [5.41, 5.74) is 0.678. The second-order valence-electron chi connectivity index (χ2n) is 5.12. The summed E-state index contributed by atoms with van der Waals surface area (Å²) < 4.78 is 10.6. The molecular formula is C15H22N2O3. The van der Waals surface area contributed by atoms with Gasteiger partial charge in [-0.05, 0) is 31.4 Å². The molecule has 20 heavy (non-hydrogen) atoms. The zero-order valence-corrected chi connectivity index (χ0v) is 12.1. The average Bonchev–Trinajstić information content (AvgIpc) is 2.42. The van der Waals surface area contributed by atoms with Crippen LogP contribution < -0.4 is 15.4 Å². The fraction of sp³-hybridized carbons (Fsp3) is 0.533. The van der Waals surface area contributed by atoms with Crippen molar-refractivity contribution in [3.05, 3.63) is 24.3 Å². The molecule has 1 saturated carbocycles. The topological polar surface area (TPSA) is 59.6 Å². The monoisotopic (exact) mass is 278 g/mol. The second kappa shape index (κ2) is 6.72. The molecule has 1 fully saturated rings. The number of carbonyl (C=O) groups is 1. The van der Waals surface area contributed by atoms with Crippen molar-refractivity contribution in [2.75, 3.05) is 32.6 Å². The Morgan fingerprint density at radius 1 is 1.35 bits per heavy atom. The number of benzene rings is 1. The van der Waals surface area contributed by atoms with Crippen LogP contribution in [0.1, 0.15) is 19.3 Å². The van der Waals surface area contributed by atoms with E-state index in [0.29, 0.717) is 0 Å². The third kappa shape index (κ3) is 3.71. The smallest absolute Gasteiger partial charge is 0.238 e. The van der Waals surface area contributed by atoms with Gasteiger partial charge in [-0.1, -0.05) is 6.07 Å². The highest BCUT2D eigenvalue weighted by Crippen LogP contribution is 2.34. The normalized spacial score (nSPS) is 16.3. The first kappa shape index (κ1) is 14.8. The maximum Gasteiger partial charge on any atom is 0.238 e. The van der Waals surface area contributed by atoms with Gasteiger partial charge < -0.3 is 20.1 Å². The van der Waals surface area contributed by atoms with Crippen LogP contribution >= 0.6 is 0 Å². The van der Waals surface area contributed by atoms with Gasteiger partial charge in [0.2, 0.25) is 5.91 Å². The van der Waals surface area contributed by atoms with E-state index in [2.05, 4.69) is 10.6 Å². The standard InChI is InChI=1S/C15H22N2O3/c1-19-13-6-3-5-12(9-13)17-14(18)10-16-11-15(20-2)7-4-8-15/h3,5-6,9,16H,4,7-8,10-11H2,1-2H3,(H,17,18).